The third kappa shape index (κ3) is 3.52. The molecule has 1 amide bonds. The van der Waals surface area contributed by atoms with Crippen LogP contribution in [0.5, 0.6) is 0 Å². The Hall–Kier alpha value is -2.00. The maximum atomic E-state index is 12.4. The normalized spacial score (nSPS) is 10.3. The zero-order valence-corrected chi connectivity index (χ0v) is 12.1. The van der Waals surface area contributed by atoms with Crippen molar-refractivity contribution in [3.63, 3.8) is 0 Å². The monoisotopic (exact) mass is 288 g/mol. The van der Waals surface area contributed by atoms with Gasteiger partial charge in [-0.2, -0.15) is 0 Å². The lowest BCUT2D eigenvalue weighted by molar-refractivity contribution is 0.0752. The summed E-state index contributed by atoms with van der Waals surface area (Å²) in [5.74, 6) is -0.00779. The maximum Gasteiger partial charge on any atom is 0.254 e. The molecule has 0 aliphatic carbocycles. The number of benzene rings is 2. The molecular formula is C16H17ClN2O. The second-order valence-corrected chi connectivity index (χ2v) is 5.01. The molecule has 4 heteroatoms. The van der Waals surface area contributed by atoms with Gasteiger partial charge in [0.15, 0.2) is 0 Å². The summed E-state index contributed by atoms with van der Waals surface area (Å²) in [6, 6.07) is 14.5. The Morgan fingerprint density at radius 2 is 1.90 bits per heavy atom. The minimum atomic E-state index is -0.00779. The molecule has 2 N–H and O–H groups in total. The lowest BCUT2D eigenvalue weighted by atomic mass is 10.1. The van der Waals surface area contributed by atoms with Crippen LogP contribution in [-0.4, -0.2) is 17.4 Å². The average Bonchev–Trinajstić information content (AvgIpc) is 2.45. The van der Waals surface area contributed by atoms with E-state index in [-0.39, 0.29) is 5.91 Å². The molecule has 0 aliphatic rings. The number of rotatable bonds is 4. The predicted molar refractivity (Wildman–Crippen MR) is 82.7 cm³/mol. The minimum absolute atomic E-state index is 0.00779. The van der Waals surface area contributed by atoms with E-state index in [9.17, 15) is 4.79 Å². The van der Waals surface area contributed by atoms with Gasteiger partial charge in [0.05, 0.1) is 0 Å². The Balaban J connectivity index is 2.15. The van der Waals surface area contributed by atoms with Gasteiger partial charge in [0, 0.05) is 29.4 Å². The number of nitrogens with zero attached hydrogens (tertiary/aromatic N) is 1. The molecule has 0 bridgehead atoms. The molecular weight excluding hydrogens is 272 g/mol. The van der Waals surface area contributed by atoms with Crippen molar-refractivity contribution in [1.29, 1.82) is 0 Å². The van der Waals surface area contributed by atoms with Gasteiger partial charge >= 0.3 is 0 Å². The molecule has 104 valence electrons. The first-order valence-electron chi connectivity index (χ1n) is 6.49. The SMILES string of the molecule is CCN(Cc1cccc(N)c1)C(=O)c1ccc(Cl)cc1. The Kier molecular flexibility index (Phi) is 4.64. The zero-order valence-electron chi connectivity index (χ0n) is 11.3. The third-order valence-corrected chi connectivity index (χ3v) is 3.34. The predicted octanol–water partition coefficient (Wildman–Crippen LogP) is 3.58. The van der Waals surface area contributed by atoms with Crippen LogP contribution in [0.2, 0.25) is 5.02 Å². The van der Waals surface area contributed by atoms with E-state index < -0.39 is 0 Å². The van der Waals surface area contributed by atoms with Crippen LogP contribution < -0.4 is 5.73 Å². The standard InChI is InChI=1S/C16H17ClN2O/c1-2-19(11-12-4-3-5-15(18)10-12)16(20)13-6-8-14(17)9-7-13/h3-10H,2,11,18H2,1H3. The van der Waals surface area contributed by atoms with E-state index in [1.165, 1.54) is 0 Å². The van der Waals surface area contributed by atoms with E-state index >= 15 is 0 Å². The number of carbonyl (C=O) groups excluding carboxylic acids is 1. The highest BCUT2D eigenvalue weighted by atomic mass is 35.5. The summed E-state index contributed by atoms with van der Waals surface area (Å²) >= 11 is 5.84. The second kappa shape index (κ2) is 6.44. The van der Waals surface area contributed by atoms with E-state index in [4.69, 9.17) is 17.3 Å². The fraction of sp³-hybridized carbons (Fsp3) is 0.188. The molecule has 20 heavy (non-hydrogen) atoms. The molecule has 0 radical (unpaired) electrons. The first kappa shape index (κ1) is 14.4. The second-order valence-electron chi connectivity index (χ2n) is 4.57. The summed E-state index contributed by atoms with van der Waals surface area (Å²) in [6.07, 6.45) is 0. The molecule has 2 aromatic rings. The van der Waals surface area contributed by atoms with Gasteiger partial charge in [-0.1, -0.05) is 23.7 Å². The van der Waals surface area contributed by atoms with E-state index in [0.717, 1.165) is 5.56 Å². The fourth-order valence-electron chi connectivity index (χ4n) is 2.01. The van der Waals surface area contributed by atoms with Crippen LogP contribution >= 0.6 is 11.6 Å². The van der Waals surface area contributed by atoms with Crippen molar-refractivity contribution in [1.82, 2.24) is 4.90 Å². The van der Waals surface area contributed by atoms with Gasteiger partial charge in [0.1, 0.15) is 0 Å². The van der Waals surface area contributed by atoms with Crippen molar-refractivity contribution in [3.05, 3.63) is 64.7 Å². The van der Waals surface area contributed by atoms with Gasteiger partial charge in [0.25, 0.3) is 5.91 Å². The van der Waals surface area contributed by atoms with Gasteiger partial charge in [-0.15, -0.1) is 0 Å². The maximum absolute atomic E-state index is 12.4. The number of hydrogen-bond donors (Lipinski definition) is 1. The number of anilines is 1. The molecule has 0 spiro atoms. The van der Waals surface area contributed by atoms with Gasteiger partial charge in [-0.25, -0.2) is 0 Å². The van der Waals surface area contributed by atoms with Gasteiger partial charge < -0.3 is 10.6 Å². The summed E-state index contributed by atoms with van der Waals surface area (Å²) in [5.41, 5.74) is 8.13. The van der Waals surface area contributed by atoms with Gasteiger partial charge in [0.2, 0.25) is 0 Å². The summed E-state index contributed by atoms with van der Waals surface area (Å²) in [7, 11) is 0. The molecule has 0 aromatic heterocycles. The van der Waals surface area contributed by atoms with Crippen molar-refractivity contribution in [2.75, 3.05) is 12.3 Å². The number of halogens is 1. The number of amides is 1. The number of nitrogen functional groups attached to an aromatic ring is 1. The molecule has 0 atom stereocenters. The Morgan fingerprint density at radius 1 is 1.20 bits per heavy atom. The van der Waals surface area contributed by atoms with Crippen LogP contribution in [0.15, 0.2) is 48.5 Å². The van der Waals surface area contributed by atoms with Crippen LogP contribution in [0, 0.1) is 0 Å². The zero-order chi connectivity index (χ0) is 14.5. The van der Waals surface area contributed by atoms with Crippen molar-refractivity contribution in [2.24, 2.45) is 0 Å². The van der Waals surface area contributed by atoms with Crippen molar-refractivity contribution < 1.29 is 4.79 Å². The van der Waals surface area contributed by atoms with Crippen LogP contribution in [0.25, 0.3) is 0 Å². The third-order valence-electron chi connectivity index (χ3n) is 3.08. The molecule has 2 aromatic carbocycles. The molecule has 3 nitrogen and oxygen atoms in total. The Labute approximate surface area is 124 Å². The average molecular weight is 289 g/mol. The van der Waals surface area contributed by atoms with Gasteiger partial charge in [-0.05, 0) is 48.9 Å². The molecule has 0 heterocycles. The molecule has 0 unspecified atom stereocenters. The van der Waals surface area contributed by atoms with E-state index in [1.54, 1.807) is 29.2 Å². The van der Waals surface area contributed by atoms with Crippen molar-refractivity contribution in [2.45, 2.75) is 13.5 Å². The summed E-state index contributed by atoms with van der Waals surface area (Å²) in [6.45, 7) is 3.14. The van der Waals surface area contributed by atoms with E-state index in [2.05, 4.69) is 0 Å². The lowest BCUT2D eigenvalue weighted by Crippen LogP contribution is -2.30. The first-order chi connectivity index (χ1) is 9.60. The lowest BCUT2D eigenvalue weighted by Gasteiger charge is -2.21. The van der Waals surface area contributed by atoms with Crippen molar-refractivity contribution in [3.8, 4) is 0 Å². The minimum Gasteiger partial charge on any atom is -0.399 e. The smallest absolute Gasteiger partial charge is 0.254 e. The fourth-order valence-corrected chi connectivity index (χ4v) is 2.14. The summed E-state index contributed by atoms with van der Waals surface area (Å²) in [4.78, 5) is 14.2. The molecule has 0 fully saturated rings. The van der Waals surface area contributed by atoms with Crippen LogP contribution in [0.3, 0.4) is 0 Å². The number of carbonyl (C=O) groups is 1. The summed E-state index contributed by atoms with van der Waals surface area (Å²) < 4.78 is 0. The Morgan fingerprint density at radius 3 is 2.50 bits per heavy atom. The molecule has 0 saturated carbocycles. The Bertz CT molecular complexity index is 596. The highest BCUT2D eigenvalue weighted by Crippen LogP contribution is 2.14. The van der Waals surface area contributed by atoms with Crippen LogP contribution in [0.4, 0.5) is 5.69 Å². The number of nitrogens with two attached hydrogens (primary N) is 1. The number of hydrogen-bond acceptors (Lipinski definition) is 2. The highest BCUT2D eigenvalue weighted by molar-refractivity contribution is 6.30. The van der Waals surface area contributed by atoms with Crippen LogP contribution in [-0.2, 0) is 6.54 Å². The molecule has 2 rings (SSSR count). The van der Waals surface area contributed by atoms with Gasteiger partial charge in [-0.3, -0.25) is 4.79 Å². The molecule has 0 aliphatic heterocycles. The quantitative estimate of drug-likeness (QED) is 0.874. The topological polar surface area (TPSA) is 46.3 Å². The summed E-state index contributed by atoms with van der Waals surface area (Å²) in [5, 5.41) is 0.625. The van der Waals surface area contributed by atoms with E-state index in [1.807, 2.05) is 31.2 Å². The largest absolute Gasteiger partial charge is 0.399 e. The van der Waals surface area contributed by atoms with E-state index in [0.29, 0.717) is 29.4 Å². The molecule has 0 saturated heterocycles. The van der Waals surface area contributed by atoms with Crippen LogP contribution in [0.1, 0.15) is 22.8 Å². The first-order valence-corrected chi connectivity index (χ1v) is 6.87. The highest BCUT2D eigenvalue weighted by Gasteiger charge is 2.14. The van der Waals surface area contributed by atoms with Crippen molar-refractivity contribution >= 4 is 23.2 Å².